The van der Waals surface area contributed by atoms with E-state index in [1.807, 2.05) is 0 Å². The molecule has 0 N–H and O–H groups in total. The molecule has 1 aromatic heterocycles. The van der Waals surface area contributed by atoms with Crippen LogP contribution in [0.2, 0.25) is 5.15 Å². The molecule has 0 saturated carbocycles. The highest BCUT2D eigenvalue weighted by Gasteiger charge is 2.37. The lowest BCUT2D eigenvalue weighted by Gasteiger charge is -2.05. The Hall–Kier alpha value is -2.50. The van der Waals surface area contributed by atoms with Crippen molar-refractivity contribution in [2.45, 2.75) is 6.67 Å². The largest absolute Gasteiger partial charge is 0.469 e. The molecule has 18 heavy (non-hydrogen) atoms. The summed E-state index contributed by atoms with van der Waals surface area (Å²) in [4.78, 5) is 29.3. The maximum Gasteiger partial charge on any atom is 0.469 e. The first-order valence-electron chi connectivity index (χ1n) is 4.16. The standard InChI is InChI=1S/C5H5ClN6O6/c1-8(12(17)18)2-9-4(6)3(10(13)14)5(7-9)11(15)16/h2H2,1H3. The van der Waals surface area contributed by atoms with Crippen LogP contribution in [0.25, 0.3) is 0 Å². The van der Waals surface area contributed by atoms with Gasteiger partial charge < -0.3 is 10.1 Å². The van der Waals surface area contributed by atoms with Gasteiger partial charge in [-0.1, -0.05) is 11.6 Å². The van der Waals surface area contributed by atoms with Crippen LogP contribution in [0.3, 0.4) is 0 Å². The summed E-state index contributed by atoms with van der Waals surface area (Å²) in [6.45, 7) is -0.569. The highest BCUT2D eigenvalue weighted by Crippen LogP contribution is 2.33. The Balaban J connectivity index is 3.23. The summed E-state index contributed by atoms with van der Waals surface area (Å²) in [6.07, 6.45) is 0. The van der Waals surface area contributed by atoms with E-state index in [0.717, 1.165) is 7.05 Å². The van der Waals surface area contributed by atoms with E-state index in [1.54, 1.807) is 0 Å². The molecule has 1 rings (SSSR count). The van der Waals surface area contributed by atoms with Crippen LogP contribution in [-0.2, 0) is 6.67 Å². The molecule has 0 aliphatic carbocycles. The van der Waals surface area contributed by atoms with E-state index in [2.05, 4.69) is 5.10 Å². The molecule has 0 aromatic carbocycles. The van der Waals surface area contributed by atoms with Crippen LogP contribution in [0.4, 0.5) is 11.5 Å². The van der Waals surface area contributed by atoms with Crippen molar-refractivity contribution in [3.8, 4) is 0 Å². The van der Waals surface area contributed by atoms with Crippen LogP contribution >= 0.6 is 11.6 Å². The molecule has 0 spiro atoms. The summed E-state index contributed by atoms with van der Waals surface area (Å²) in [5.74, 6) is -1.07. The van der Waals surface area contributed by atoms with E-state index < -0.39 is 38.2 Å². The maximum absolute atomic E-state index is 10.6. The maximum atomic E-state index is 10.6. The van der Waals surface area contributed by atoms with Gasteiger partial charge in [0.2, 0.25) is 5.15 Å². The first kappa shape index (κ1) is 13.6. The quantitative estimate of drug-likeness (QED) is 0.556. The van der Waals surface area contributed by atoms with Gasteiger partial charge in [-0.15, -0.1) is 9.69 Å². The molecule has 0 aliphatic rings. The fraction of sp³-hybridized carbons (Fsp3) is 0.400. The average molecular weight is 281 g/mol. The Bertz CT molecular complexity index is 527. The van der Waals surface area contributed by atoms with Crippen LogP contribution in [0.1, 0.15) is 0 Å². The monoisotopic (exact) mass is 280 g/mol. The van der Waals surface area contributed by atoms with Gasteiger partial charge in [-0.25, -0.2) is 10.1 Å². The number of hydrogen-bond donors (Lipinski definition) is 0. The highest BCUT2D eigenvalue weighted by atomic mass is 35.5. The van der Waals surface area contributed by atoms with Crippen LogP contribution in [0, 0.1) is 30.3 Å². The predicted molar refractivity (Wildman–Crippen MR) is 55.3 cm³/mol. The Kier molecular flexibility index (Phi) is 3.61. The molecular weight excluding hydrogens is 276 g/mol. The summed E-state index contributed by atoms with van der Waals surface area (Å²) in [7, 11) is 1.05. The second-order valence-corrected chi connectivity index (χ2v) is 3.37. The highest BCUT2D eigenvalue weighted by molar-refractivity contribution is 6.32. The Morgan fingerprint density at radius 1 is 1.28 bits per heavy atom. The lowest BCUT2D eigenvalue weighted by molar-refractivity contribution is -0.656. The molecule has 0 unspecified atom stereocenters. The molecule has 0 amide bonds. The predicted octanol–water partition coefficient (Wildman–Crippen LogP) is 0.434. The zero-order valence-corrected chi connectivity index (χ0v) is 9.47. The van der Waals surface area contributed by atoms with Crippen LogP contribution < -0.4 is 0 Å². The molecule has 0 saturated heterocycles. The number of nitro groups is 3. The summed E-state index contributed by atoms with van der Waals surface area (Å²) in [5, 5.41) is 33.8. The molecule has 13 heteroatoms. The topological polar surface area (TPSA) is 150 Å². The van der Waals surface area contributed by atoms with Crippen molar-refractivity contribution in [2.75, 3.05) is 7.05 Å². The zero-order chi connectivity index (χ0) is 14.0. The van der Waals surface area contributed by atoms with E-state index in [1.165, 1.54) is 0 Å². The van der Waals surface area contributed by atoms with E-state index in [9.17, 15) is 30.3 Å². The molecule has 1 heterocycles. The van der Waals surface area contributed by atoms with Crippen molar-refractivity contribution >= 4 is 23.1 Å². The minimum Gasteiger partial charge on any atom is -0.358 e. The van der Waals surface area contributed by atoms with Gasteiger partial charge >= 0.3 is 11.5 Å². The van der Waals surface area contributed by atoms with Crippen molar-refractivity contribution in [3.05, 3.63) is 35.5 Å². The number of aromatic nitrogens is 2. The molecule has 1 aromatic rings. The number of hydrogen-bond acceptors (Lipinski definition) is 7. The van der Waals surface area contributed by atoms with Gasteiger partial charge in [0.05, 0.1) is 17.1 Å². The van der Waals surface area contributed by atoms with Gasteiger partial charge in [-0.2, -0.15) is 0 Å². The van der Waals surface area contributed by atoms with E-state index in [-0.39, 0.29) is 0 Å². The van der Waals surface area contributed by atoms with Crippen molar-refractivity contribution in [3.63, 3.8) is 0 Å². The van der Waals surface area contributed by atoms with Crippen molar-refractivity contribution in [2.24, 2.45) is 0 Å². The molecule has 0 bridgehead atoms. The van der Waals surface area contributed by atoms with E-state index >= 15 is 0 Å². The minimum absolute atomic E-state index is 0.506. The van der Waals surface area contributed by atoms with Crippen LogP contribution in [-0.4, -0.2) is 36.7 Å². The second-order valence-electron chi connectivity index (χ2n) is 3.01. The number of rotatable bonds is 5. The zero-order valence-electron chi connectivity index (χ0n) is 8.72. The average Bonchev–Trinajstić information content (AvgIpc) is 2.56. The molecule has 12 nitrogen and oxygen atoms in total. The van der Waals surface area contributed by atoms with E-state index in [0.29, 0.717) is 9.69 Å². The van der Waals surface area contributed by atoms with Gasteiger partial charge in [0, 0.05) is 0 Å². The van der Waals surface area contributed by atoms with Crippen LogP contribution in [0.5, 0.6) is 0 Å². The van der Waals surface area contributed by atoms with Crippen LogP contribution in [0.15, 0.2) is 0 Å². The minimum atomic E-state index is -1.09. The summed E-state index contributed by atoms with van der Waals surface area (Å²) in [5.41, 5.74) is -1.00. The molecule has 0 aliphatic heterocycles. The van der Waals surface area contributed by atoms with E-state index in [4.69, 9.17) is 11.6 Å². The number of nitrogens with zero attached hydrogens (tertiary/aromatic N) is 6. The summed E-state index contributed by atoms with van der Waals surface area (Å²) < 4.78 is 0.598. The third-order valence-electron chi connectivity index (χ3n) is 1.82. The fourth-order valence-corrected chi connectivity index (χ4v) is 1.28. The molecule has 0 radical (unpaired) electrons. The first-order valence-corrected chi connectivity index (χ1v) is 4.54. The van der Waals surface area contributed by atoms with Crippen molar-refractivity contribution in [1.82, 2.24) is 14.8 Å². The second kappa shape index (κ2) is 4.79. The Morgan fingerprint density at radius 2 is 1.83 bits per heavy atom. The molecular formula is C5H5ClN6O6. The summed E-state index contributed by atoms with van der Waals surface area (Å²) in [6, 6.07) is 0. The number of hydrazine groups is 1. The molecule has 98 valence electrons. The van der Waals surface area contributed by atoms with Crippen molar-refractivity contribution in [1.29, 1.82) is 0 Å². The van der Waals surface area contributed by atoms with Gasteiger partial charge in [0.1, 0.15) is 0 Å². The first-order chi connectivity index (χ1) is 8.25. The third-order valence-corrected chi connectivity index (χ3v) is 2.20. The fourth-order valence-electron chi connectivity index (χ4n) is 1.04. The lowest BCUT2D eigenvalue weighted by atomic mass is 10.5. The smallest absolute Gasteiger partial charge is 0.358 e. The summed E-state index contributed by atoms with van der Waals surface area (Å²) >= 11 is 5.52. The Labute approximate surface area is 103 Å². The normalized spacial score (nSPS) is 10.1. The van der Waals surface area contributed by atoms with Gasteiger partial charge in [0.25, 0.3) is 0 Å². The molecule has 0 fully saturated rings. The third kappa shape index (κ3) is 2.42. The SMILES string of the molecule is CN(Cn1nc([N+](=O)[O-])c([N+](=O)[O-])c1Cl)[N+](=O)[O-]. The van der Waals surface area contributed by atoms with Gasteiger partial charge in [0.15, 0.2) is 11.7 Å². The molecule has 0 atom stereocenters. The van der Waals surface area contributed by atoms with Gasteiger partial charge in [-0.05, 0) is 4.92 Å². The lowest BCUT2D eigenvalue weighted by Crippen LogP contribution is -2.28. The van der Waals surface area contributed by atoms with Crippen molar-refractivity contribution < 1.29 is 14.9 Å². The van der Waals surface area contributed by atoms with Gasteiger partial charge in [-0.3, -0.25) is 10.1 Å². The Morgan fingerprint density at radius 3 is 2.17 bits per heavy atom. The number of halogens is 1.